The number of aliphatic hydroxyl groups is 1. The zero-order valence-corrected chi connectivity index (χ0v) is 5.88. The molecule has 0 heterocycles. The summed E-state index contributed by atoms with van der Waals surface area (Å²) < 4.78 is 0. The molecule has 9 heavy (non-hydrogen) atoms. The van der Waals surface area contributed by atoms with Gasteiger partial charge in [0.25, 0.3) is 0 Å². The first-order valence-corrected chi connectivity index (χ1v) is 3.65. The van der Waals surface area contributed by atoms with Crippen LogP contribution in [0.1, 0.15) is 26.2 Å². The molecule has 0 radical (unpaired) electrons. The van der Waals surface area contributed by atoms with Crippen LogP contribution in [0.4, 0.5) is 0 Å². The summed E-state index contributed by atoms with van der Waals surface area (Å²) in [7, 11) is 0. The number of aliphatic hydroxyl groups excluding tert-OH is 1. The zero-order chi connectivity index (χ0) is 6.85. The van der Waals surface area contributed by atoms with Gasteiger partial charge in [-0.2, -0.15) is 0 Å². The maximum atomic E-state index is 9.32. The van der Waals surface area contributed by atoms with Gasteiger partial charge in [-0.15, -0.1) is 0 Å². The van der Waals surface area contributed by atoms with Crippen molar-refractivity contribution in [2.75, 3.05) is 0 Å². The molecule has 1 unspecified atom stereocenters. The minimum atomic E-state index is -0.251. The van der Waals surface area contributed by atoms with Gasteiger partial charge in [-0.1, -0.05) is 6.42 Å². The van der Waals surface area contributed by atoms with Crippen molar-refractivity contribution in [3.05, 3.63) is 0 Å². The van der Waals surface area contributed by atoms with E-state index in [1.54, 1.807) is 0 Å². The van der Waals surface area contributed by atoms with Crippen molar-refractivity contribution in [1.82, 2.24) is 0 Å². The molecule has 1 aliphatic carbocycles. The van der Waals surface area contributed by atoms with Crippen molar-refractivity contribution in [1.29, 1.82) is 0 Å². The van der Waals surface area contributed by atoms with Crippen molar-refractivity contribution < 1.29 is 5.11 Å². The van der Waals surface area contributed by atoms with Crippen LogP contribution in [0.2, 0.25) is 0 Å². The van der Waals surface area contributed by atoms with E-state index in [2.05, 4.69) is 0 Å². The van der Waals surface area contributed by atoms with E-state index in [1.165, 1.54) is 19.3 Å². The largest absolute Gasteiger partial charge is 0.391 e. The minimum Gasteiger partial charge on any atom is -0.391 e. The van der Waals surface area contributed by atoms with E-state index in [0.717, 1.165) is 0 Å². The van der Waals surface area contributed by atoms with Gasteiger partial charge in [-0.05, 0) is 25.7 Å². The van der Waals surface area contributed by atoms with Crippen LogP contribution in [0.3, 0.4) is 0 Å². The Morgan fingerprint density at radius 2 is 2.11 bits per heavy atom. The Balaban J connectivity index is 2.23. The topological polar surface area (TPSA) is 46.2 Å². The third-order valence-electron chi connectivity index (χ3n) is 2.17. The van der Waals surface area contributed by atoms with E-state index in [1.807, 2.05) is 6.92 Å². The maximum Gasteiger partial charge on any atom is 0.0716 e. The average Bonchev–Trinajstić information content (AvgIpc) is 1.60. The zero-order valence-electron chi connectivity index (χ0n) is 5.88. The fourth-order valence-electron chi connectivity index (χ4n) is 1.21. The molecular weight excluding hydrogens is 114 g/mol. The van der Waals surface area contributed by atoms with Crippen LogP contribution in [0.5, 0.6) is 0 Å². The summed E-state index contributed by atoms with van der Waals surface area (Å²) in [5, 5.41) is 9.32. The number of rotatable bonds is 2. The molecule has 0 saturated heterocycles. The van der Waals surface area contributed by atoms with Crippen molar-refractivity contribution in [2.24, 2.45) is 11.7 Å². The van der Waals surface area contributed by atoms with Gasteiger partial charge >= 0.3 is 0 Å². The van der Waals surface area contributed by atoms with Gasteiger partial charge < -0.3 is 10.8 Å². The van der Waals surface area contributed by atoms with Gasteiger partial charge in [-0.25, -0.2) is 0 Å². The summed E-state index contributed by atoms with van der Waals surface area (Å²) in [6, 6.07) is -0.0460. The molecule has 1 rings (SSSR count). The molecule has 2 heteroatoms. The lowest BCUT2D eigenvalue weighted by Crippen LogP contribution is -2.40. The van der Waals surface area contributed by atoms with Gasteiger partial charge in [0.1, 0.15) is 0 Å². The lowest BCUT2D eigenvalue weighted by molar-refractivity contribution is 0.0463. The molecule has 0 aromatic heterocycles. The molecular formula is C7H15NO. The Bertz CT molecular complexity index is 88.9. The van der Waals surface area contributed by atoms with Crippen LogP contribution in [-0.4, -0.2) is 17.3 Å². The fraction of sp³-hybridized carbons (Fsp3) is 1.00. The third-order valence-corrected chi connectivity index (χ3v) is 2.17. The maximum absolute atomic E-state index is 9.32. The molecule has 0 aliphatic heterocycles. The summed E-state index contributed by atoms with van der Waals surface area (Å²) in [6.45, 7) is 1.86. The Hall–Kier alpha value is -0.0800. The van der Waals surface area contributed by atoms with E-state index in [0.29, 0.717) is 5.92 Å². The van der Waals surface area contributed by atoms with Crippen molar-refractivity contribution in [3.63, 3.8) is 0 Å². The van der Waals surface area contributed by atoms with Crippen molar-refractivity contribution in [2.45, 2.75) is 38.3 Å². The highest BCUT2D eigenvalue weighted by Crippen LogP contribution is 2.30. The molecule has 1 fully saturated rings. The highest BCUT2D eigenvalue weighted by molar-refractivity contribution is 4.81. The van der Waals surface area contributed by atoms with Crippen LogP contribution in [0.25, 0.3) is 0 Å². The quantitative estimate of drug-likeness (QED) is 0.570. The molecule has 0 amide bonds. The minimum absolute atomic E-state index is 0.0460. The van der Waals surface area contributed by atoms with Crippen LogP contribution >= 0.6 is 0 Å². The second-order valence-corrected chi connectivity index (χ2v) is 3.04. The third kappa shape index (κ3) is 1.43. The summed E-state index contributed by atoms with van der Waals surface area (Å²) >= 11 is 0. The van der Waals surface area contributed by atoms with Gasteiger partial charge in [0.15, 0.2) is 0 Å². The van der Waals surface area contributed by atoms with E-state index in [4.69, 9.17) is 5.73 Å². The summed E-state index contributed by atoms with van der Waals surface area (Å²) in [6.07, 6.45) is 3.36. The molecule has 1 saturated carbocycles. The fourth-order valence-corrected chi connectivity index (χ4v) is 1.21. The van der Waals surface area contributed by atoms with Crippen LogP contribution in [0.15, 0.2) is 0 Å². The van der Waals surface area contributed by atoms with Crippen LogP contribution < -0.4 is 5.73 Å². The molecule has 0 aromatic rings. The van der Waals surface area contributed by atoms with E-state index in [-0.39, 0.29) is 12.1 Å². The number of hydrogen-bond donors (Lipinski definition) is 2. The first-order chi connectivity index (χ1) is 4.22. The molecule has 0 aromatic carbocycles. The first kappa shape index (κ1) is 7.03. The number of hydrogen-bond acceptors (Lipinski definition) is 2. The van der Waals surface area contributed by atoms with Crippen molar-refractivity contribution >= 4 is 0 Å². The van der Waals surface area contributed by atoms with Gasteiger partial charge in [0.05, 0.1) is 6.10 Å². The molecule has 2 nitrogen and oxygen atoms in total. The predicted molar refractivity (Wildman–Crippen MR) is 37.0 cm³/mol. The summed E-state index contributed by atoms with van der Waals surface area (Å²) in [4.78, 5) is 0. The van der Waals surface area contributed by atoms with Crippen LogP contribution in [0, 0.1) is 5.92 Å². The monoisotopic (exact) mass is 129 g/mol. The SMILES string of the molecule is C[C@H](N)C(O)C1CCC1. The standard InChI is InChI=1S/C7H15NO/c1-5(8)7(9)6-3-2-4-6/h5-7,9H,2-4,8H2,1H3/t5-,7?/m0/s1. The molecule has 1 aliphatic rings. The molecule has 3 N–H and O–H groups in total. The number of nitrogens with two attached hydrogens (primary N) is 1. The lowest BCUT2D eigenvalue weighted by Gasteiger charge is -2.32. The van der Waals surface area contributed by atoms with Gasteiger partial charge in [0, 0.05) is 6.04 Å². The first-order valence-electron chi connectivity index (χ1n) is 3.65. The normalized spacial score (nSPS) is 27.0. The molecule has 0 bridgehead atoms. The summed E-state index contributed by atoms with van der Waals surface area (Å²) in [5.74, 6) is 0.505. The second-order valence-electron chi connectivity index (χ2n) is 3.04. The Morgan fingerprint density at radius 3 is 2.22 bits per heavy atom. The van der Waals surface area contributed by atoms with Gasteiger partial charge in [-0.3, -0.25) is 0 Å². The predicted octanol–water partition coefficient (Wildman–Crippen LogP) is 0.495. The highest BCUT2D eigenvalue weighted by atomic mass is 16.3. The molecule has 2 atom stereocenters. The highest BCUT2D eigenvalue weighted by Gasteiger charge is 2.27. The van der Waals surface area contributed by atoms with E-state index < -0.39 is 0 Å². The van der Waals surface area contributed by atoms with Crippen molar-refractivity contribution in [3.8, 4) is 0 Å². The molecule has 54 valence electrons. The Kier molecular flexibility index (Phi) is 2.09. The Morgan fingerprint density at radius 1 is 1.56 bits per heavy atom. The summed E-state index contributed by atoms with van der Waals surface area (Å²) in [5.41, 5.74) is 5.50. The second kappa shape index (κ2) is 2.67. The Labute approximate surface area is 56.1 Å². The molecule has 0 spiro atoms. The van der Waals surface area contributed by atoms with E-state index >= 15 is 0 Å². The van der Waals surface area contributed by atoms with E-state index in [9.17, 15) is 5.11 Å². The smallest absolute Gasteiger partial charge is 0.0716 e. The van der Waals surface area contributed by atoms with Crippen LogP contribution in [-0.2, 0) is 0 Å². The van der Waals surface area contributed by atoms with Gasteiger partial charge in [0.2, 0.25) is 0 Å². The average molecular weight is 129 g/mol. The lowest BCUT2D eigenvalue weighted by atomic mass is 9.79.